The van der Waals surface area contributed by atoms with Crippen LogP contribution in [0.1, 0.15) is 53.4 Å². The van der Waals surface area contributed by atoms with Crippen molar-refractivity contribution in [1.29, 1.82) is 0 Å². The Balaban J connectivity index is 1.97. The highest BCUT2D eigenvalue weighted by Gasteiger charge is 2.39. The molecule has 2 saturated carbocycles. The van der Waals surface area contributed by atoms with E-state index in [9.17, 15) is 0 Å². The second-order valence-electron chi connectivity index (χ2n) is 7.81. The maximum absolute atomic E-state index is 2.52. The summed E-state index contributed by atoms with van der Waals surface area (Å²) in [4.78, 5) is 0. The number of fused-ring (bicyclic) bond motifs is 5. The molecule has 3 rings (SSSR count). The molecular weight excluding hydrogens is 228 g/mol. The van der Waals surface area contributed by atoms with E-state index in [0.29, 0.717) is 0 Å². The van der Waals surface area contributed by atoms with Crippen LogP contribution >= 0.6 is 0 Å². The molecule has 0 nitrogen and oxygen atoms in total. The molecule has 106 valence electrons. The molecule has 2 fully saturated rings. The van der Waals surface area contributed by atoms with Crippen LogP contribution in [0, 0.1) is 41.4 Å². The van der Waals surface area contributed by atoms with Crippen molar-refractivity contribution in [2.45, 2.75) is 53.4 Å². The van der Waals surface area contributed by atoms with Crippen molar-refractivity contribution in [3.63, 3.8) is 0 Å². The highest BCUT2D eigenvalue weighted by atomic mass is 14.4. The van der Waals surface area contributed by atoms with Crippen LogP contribution in [0.15, 0.2) is 23.8 Å². The van der Waals surface area contributed by atoms with Gasteiger partial charge in [0, 0.05) is 5.92 Å². The van der Waals surface area contributed by atoms with E-state index in [-0.39, 0.29) is 0 Å². The van der Waals surface area contributed by atoms with E-state index in [0.717, 1.165) is 41.4 Å². The molecule has 0 aromatic rings. The van der Waals surface area contributed by atoms with Gasteiger partial charge in [0.25, 0.3) is 0 Å². The van der Waals surface area contributed by atoms with E-state index >= 15 is 0 Å². The number of hydrogen-bond donors (Lipinski definition) is 0. The molecule has 3 aliphatic carbocycles. The van der Waals surface area contributed by atoms with Crippen molar-refractivity contribution >= 4 is 0 Å². The minimum Gasteiger partial charge on any atom is -0.0771 e. The third-order valence-corrected chi connectivity index (χ3v) is 6.48. The summed E-state index contributed by atoms with van der Waals surface area (Å²) in [5.41, 5.74) is 1.78. The summed E-state index contributed by atoms with van der Waals surface area (Å²) in [5, 5.41) is 0. The van der Waals surface area contributed by atoms with Gasteiger partial charge in [0.05, 0.1) is 0 Å². The Bertz CT molecular complexity index is 389. The summed E-state index contributed by atoms with van der Waals surface area (Å²) in [6.45, 7) is 10.0. The number of rotatable bonds is 0. The molecule has 0 heterocycles. The number of allylic oxidation sites excluding steroid dienone is 4. The lowest BCUT2D eigenvalue weighted by molar-refractivity contribution is 0.190. The van der Waals surface area contributed by atoms with Crippen molar-refractivity contribution in [3.8, 4) is 0 Å². The molecule has 0 spiro atoms. The molecule has 0 aromatic carbocycles. The Kier molecular flexibility index (Phi) is 3.62. The van der Waals surface area contributed by atoms with Gasteiger partial charge in [-0.25, -0.2) is 0 Å². The van der Waals surface area contributed by atoms with Gasteiger partial charge in [-0.2, -0.15) is 0 Å². The number of hydrogen-bond acceptors (Lipinski definition) is 0. The molecule has 0 amide bonds. The monoisotopic (exact) mass is 258 g/mol. The Hall–Kier alpha value is -0.520. The maximum Gasteiger partial charge on any atom is 0.00116 e. The minimum absolute atomic E-state index is 0.752. The SMILES string of the molecule is CC1CC(C)C2CCC(C3=CC=CC31)[C@@H](C)C[C@H]2C. The second kappa shape index (κ2) is 5.11. The molecule has 5 unspecified atom stereocenters. The van der Waals surface area contributed by atoms with E-state index in [1.807, 2.05) is 0 Å². The molecular formula is C19H30. The minimum atomic E-state index is 0.752. The van der Waals surface area contributed by atoms with Gasteiger partial charge in [0.15, 0.2) is 0 Å². The Morgan fingerprint density at radius 3 is 2.26 bits per heavy atom. The quantitative estimate of drug-likeness (QED) is 0.541. The Labute approximate surface area is 119 Å². The van der Waals surface area contributed by atoms with Crippen LogP contribution in [-0.2, 0) is 0 Å². The van der Waals surface area contributed by atoms with Crippen molar-refractivity contribution in [1.82, 2.24) is 0 Å². The topological polar surface area (TPSA) is 0 Å². The fourth-order valence-corrected chi connectivity index (χ4v) is 5.51. The smallest absolute Gasteiger partial charge is 0.00116 e. The summed E-state index contributed by atoms with van der Waals surface area (Å²) in [7, 11) is 0. The molecule has 19 heavy (non-hydrogen) atoms. The summed E-state index contributed by atoms with van der Waals surface area (Å²) in [6.07, 6.45) is 13.0. The first-order chi connectivity index (χ1) is 9.08. The molecule has 3 aliphatic rings. The van der Waals surface area contributed by atoms with Crippen molar-refractivity contribution in [2.75, 3.05) is 0 Å². The van der Waals surface area contributed by atoms with Crippen molar-refractivity contribution < 1.29 is 0 Å². The van der Waals surface area contributed by atoms with Crippen LogP contribution in [0.4, 0.5) is 0 Å². The van der Waals surface area contributed by atoms with Crippen LogP contribution in [0.25, 0.3) is 0 Å². The summed E-state index contributed by atoms with van der Waals surface area (Å²) in [5.74, 6) is 6.13. The lowest BCUT2D eigenvalue weighted by atomic mass is 9.70. The zero-order chi connectivity index (χ0) is 13.6. The van der Waals surface area contributed by atoms with Gasteiger partial charge in [-0.1, -0.05) is 51.5 Å². The van der Waals surface area contributed by atoms with E-state index in [1.165, 1.54) is 25.7 Å². The van der Waals surface area contributed by atoms with Gasteiger partial charge < -0.3 is 0 Å². The normalized spacial score (nSPS) is 49.9. The highest BCUT2D eigenvalue weighted by Crippen LogP contribution is 2.49. The molecule has 2 bridgehead atoms. The third kappa shape index (κ3) is 2.32. The molecule has 0 heteroatoms. The van der Waals surface area contributed by atoms with Gasteiger partial charge in [0.1, 0.15) is 0 Å². The predicted octanol–water partition coefficient (Wildman–Crippen LogP) is 5.46. The first-order valence-corrected chi connectivity index (χ1v) is 8.46. The first kappa shape index (κ1) is 13.5. The Morgan fingerprint density at radius 2 is 1.53 bits per heavy atom. The average Bonchev–Trinajstić information content (AvgIpc) is 2.77. The Morgan fingerprint density at radius 1 is 0.842 bits per heavy atom. The molecule has 0 N–H and O–H groups in total. The lowest BCUT2D eigenvalue weighted by Crippen LogP contribution is -2.26. The largest absolute Gasteiger partial charge is 0.0771 e. The average molecular weight is 258 g/mol. The molecule has 7 atom stereocenters. The van der Waals surface area contributed by atoms with E-state index in [2.05, 4.69) is 45.9 Å². The maximum atomic E-state index is 2.52. The molecule has 0 saturated heterocycles. The molecule has 0 aliphatic heterocycles. The van der Waals surface area contributed by atoms with Crippen molar-refractivity contribution in [3.05, 3.63) is 23.8 Å². The summed E-state index contributed by atoms with van der Waals surface area (Å²) >= 11 is 0. The lowest BCUT2D eigenvalue weighted by Gasteiger charge is -2.34. The van der Waals surface area contributed by atoms with Gasteiger partial charge >= 0.3 is 0 Å². The third-order valence-electron chi connectivity index (χ3n) is 6.48. The summed E-state index contributed by atoms with van der Waals surface area (Å²) in [6, 6.07) is 0. The zero-order valence-electron chi connectivity index (χ0n) is 13.1. The molecule has 0 radical (unpaired) electrons. The van der Waals surface area contributed by atoms with Gasteiger partial charge in [-0.15, -0.1) is 0 Å². The zero-order valence-corrected chi connectivity index (χ0v) is 13.1. The van der Waals surface area contributed by atoms with E-state index in [1.54, 1.807) is 5.57 Å². The fourth-order valence-electron chi connectivity index (χ4n) is 5.51. The van der Waals surface area contributed by atoms with Crippen LogP contribution in [0.2, 0.25) is 0 Å². The van der Waals surface area contributed by atoms with Gasteiger partial charge in [-0.05, 0) is 61.2 Å². The van der Waals surface area contributed by atoms with Crippen molar-refractivity contribution in [2.24, 2.45) is 41.4 Å². The van der Waals surface area contributed by atoms with E-state index < -0.39 is 0 Å². The van der Waals surface area contributed by atoms with E-state index in [4.69, 9.17) is 0 Å². The van der Waals surface area contributed by atoms with Gasteiger partial charge in [0.2, 0.25) is 0 Å². The predicted molar refractivity (Wildman–Crippen MR) is 82.8 cm³/mol. The molecule has 0 aromatic heterocycles. The summed E-state index contributed by atoms with van der Waals surface area (Å²) < 4.78 is 0. The van der Waals surface area contributed by atoms with Crippen LogP contribution < -0.4 is 0 Å². The second-order valence-corrected chi connectivity index (χ2v) is 7.81. The fraction of sp³-hybridized carbons (Fsp3) is 0.789. The van der Waals surface area contributed by atoms with Crippen LogP contribution in [0.5, 0.6) is 0 Å². The highest BCUT2D eigenvalue weighted by molar-refractivity contribution is 5.31. The van der Waals surface area contributed by atoms with Crippen LogP contribution in [0.3, 0.4) is 0 Å². The first-order valence-electron chi connectivity index (χ1n) is 8.46. The standard InChI is InChI=1S/C19H30/c1-12-10-14(3)17-6-5-7-19(17)18-9-8-16(12)13(2)11-15(18)4/h5-7,12-18H,8-11H2,1-4H3/t12?,13-,14?,15+,16?,17?,18?/m1/s1. The van der Waals surface area contributed by atoms with Gasteiger partial charge in [-0.3, -0.25) is 0 Å². The van der Waals surface area contributed by atoms with Crippen LogP contribution in [-0.4, -0.2) is 0 Å².